The van der Waals surface area contributed by atoms with Crippen molar-refractivity contribution in [2.75, 3.05) is 33.1 Å². The minimum atomic E-state index is -0.559. The van der Waals surface area contributed by atoms with Crippen LogP contribution in [0.25, 0.3) is 0 Å². The van der Waals surface area contributed by atoms with Crippen LogP contribution in [0.5, 0.6) is 0 Å². The number of carbonyl (C=O) groups is 2. The van der Waals surface area contributed by atoms with Gasteiger partial charge < -0.3 is 19.1 Å². The van der Waals surface area contributed by atoms with Crippen molar-refractivity contribution < 1.29 is 28.7 Å². The van der Waals surface area contributed by atoms with E-state index in [1.54, 1.807) is 0 Å². The molecule has 0 amide bonds. The fraction of sp³-hybridized carbons (Fsp3) is 0.455. The van der Waals surface area contributed by atoms with Gasteiger partial charge in [0.2, 0.25) is 0 Å². The average Bonchev–Trinajstić information content (AvgIpc) is 2.43. The monoisotopic (exact) mass is 274 g/mol. The molecular formula is C11H18N2O6. The number of rotatable bonds is 12. The minimum Gasteiger partial charge on any atom is -0.367 e. The molecule has 0 bridgehead atoms. The van der Waals surface area contributed by atoms with Crippen molar-refractivity contribution in [1.29, 1.82) is 0 Å². The second-order valence-corrected chi connectivity index (χ2v) is 2.97. The molecule has 8 nitrogen and oxygen atoms in total. The van der Waals surface area contributed by atoms with Gasteiger partial charge in [0.05, 0.1) is 26.3 Å². The summed E-state index contributed by atoms with van der Waals surface area (Å²) < 4.78 is 10.1. The lowest BCUT2D eigenvalue weighted by Crippen LogP contribution is -2.25. The maximum atomic E-state index is 10.6. The average molecular weight is 274 g/mol. The van der Waals surface area contributed by atoms with Crippen molar-refractivity contribution in [3.63, 3.8) is 0 Å². The van der Waals surface area contributed by atoms with Gasteiger partial charge >= 0.3 is 11.9 Å². The van der Waals surface area contributed by atoms with E-state index >= 15 is 0 Å². The largest absolute Gasteiger partial charge is 0.367 e. The summed E-state index contributed by atoms with van der Waals surface area (Å²) in [5, 5.41) is 0. The fourth-order valence-corrected chi connectivity index (χ4v) is 0.732. The molecule has 0 saturated heterocycles. The summed E-state index contributed by atoms with van der Waals surface area (Å²) in [7, 11) is 0. The Labute approximate surface area is 111 Å². The molecule has 0 atom stereocenters. The molecule has 0 rings (SSSR count). The number of hydroxylamine groups is 2. The molecule has 0 aromatic carbocycles. The molecule has 0 aromatic rings. The van der Waals surface area contributed by atoms with E-state index < -0.39 is 11.9 Å². The Morgan fingerprint density at radius 2 is 1.32 bits per heavy atom. The number of carbonyl (C=O) groups excluding carboxylic acids is 2. The SMILES string of the molecule is C=CC(=O)ONCCOCOCCNOC(=O)C=C. The Morgan fingerprint density at radius 1 is 0.895 bits per heavy atom. The summed E-state index contributed by atoms with van der Waals surface area (Å²) in [6.07, 6.45) is 2.09. The summed E-state index contributed by atoms with van der Waals surface area (Å²) in [5.74, 6) is -1.12. The molecule has 0 aliphatic rings. The third kappa shape index (κ3) is 12.5. The van der Waals surface area contributed by atoms with Gasteiger partial charge in [0.1, 0.15) is 6.79 Å². The fourth-order valence-electron chi connectivity index (χ4n) is 0.732. The summed E-state index contributed by atoms with van der Waals surface area (Å²) in [5.41, 5.74) is 4.77. The highest BCUT2D eigenvalue weighted by atomic mass is 16.7. The maximum Gasteiger partial charge on any atom is 0.348 e. The van der Waals surface area contributed by atoms with E-state index in [0.717, 1.165) is 12.2 Å². The second-order valence-electron chi connectivity index (χ2n) is 2.97. The van der Waals surface area contributed by atoms with Gasteiger partial charge in [-0.1, -0.05) is 13.2 Å². The molecule has 19 heavy (non-hydrogen) atoms. The van der Waals surface area contributed by atoms with Gasteiger partial charge in [0, 0.05) is 12.2 Å². The molecule has 0 saturated carbocycles. The van der Waals surface area contributed by atoms with E-state index in [0.29, 0.717) is 26.3 Å². The molecule has 2 N–H and O–H groups in total. The van der Waals surface area contributed by atoms with Gasteiger partial charge in [0.15, 0.2) is 0 Å². The third-order valence-electron chi connectivity index (χ3n) is 1.54. The lowest BCUT2D eigenvalue weighted by atomic mass is 10.7. The highest BCUT2D eigenvalue weighted by Gasteiger charge is 1.95. The summed E-state index contributed by atoms with van der Waals surface area (Å²) in [6, 6.07) is 0. The van der Waals surface area contributed by atoms with Gasteiger partial charge in [-0.25, -0.2) is 9.59 Å². The van der Waals surface area contributed by atoms with Crippen LogP contribution in [-0.2, 0) is 28.7 Å². The number of hydrogen-bond acceptors (Lipinski definition) is 8. The zero-order valence-corrected chi connectivity index (χ0v) is 10.6. The quantitative estimate of drug-likeness (QED) is 0.212. The third-order valence-corrected chi connectivity index (χ3v) is 1.54. The summed E-state index contributed by atoms with van der Waals surface area (Å²) in [4.78, 5) is 30.2. The molecule has 0 heterocycles. The van der Waals surface area contributed by atoms with Crippen molar-refractivity contribution in [2.45, 2.75) is 0 Å². The van der Waals surface area contributed by atoms with Gasteiger partial charge in [-0.15, -0.1) is 0 Å². The number of ether oxygens (including phenoxy) is 2. The smallest absolute Gasteiger partial charge is 0.348 e. The Kier molecular flexibility index (Phi) is 11.5. The van der Waals surface area contributed by atoms with Gasteiger partial charge in [-0.05, 0) is 0 Å². The Hall–Kier alpha value is -1.74. The lowest BCUT2D eigenvalue weighted by molar-refractivity contribution is -0.146. The van der Waals surface area contributed by atoms with Crippen molar-refractivity contribution in [2.24, 2.45) is 0 Å². The van der Waals surface area contributed by atoms with Crippen LogP contribution in [0.2, 0.25) is 0 Å². The maximum absolute atomic E-state index is 10.6. The van der Waals surface area contributed by atoms with Crippen LogP contribution in [0.15, 0.2) is 25.3 Å². The van der Waals surface area contributed by atoms with Crippen molar-refractivity contribution in [1.82, 2.24) is 11.0 Å². The van der Waals surface area contributed by atoms with E-state index in [-0.39, 0.29) is 6.79 Å². The Bertz CT molecular complexity index is 267. The highest BCUT2D eigenvalue weighted by Crippen LogP contribution is 1.79. The van der Waals surface area contributed by atoms with Crippen LogP contribution in [0, 0.1) is 0 Å². The van der Waals surface area contributed by atoms with Crippen LogP contribution in [0.4, 0.5) is 0 Å². The van der Waals surface area contributed by atoms with Crippen molar-refractivity contribution >= 4 is 11.9 Å². The number of hydrogen-bond donors (Lipinski definition) is 2. The first-order chi connectivity index (χ1) is 9.20. The molecule has 0 aliphatic heterocycles. The molecule has 0 fully saturated rings. The van der Waals surface area contributed by atoms with E-state index in [9.17, 15) is 9.59 Å². The van der Waals surface area contributed by atoms with E-state index in [4.69, 9.17) is 9.47 Å². The highest BCUT2D eigenvalue weighted by molar-refractivity contribution is 5.81. The predicted octanol–water partition coefficient (Wildman–Crippen LogP) is -0.555. The number of nitrogens with one attached hydrogen (secondary N) is 2. The normalized spacial score (nSPS) is 9.68. The van der Waals surface area contributed by atoms with Crippen molar-refractivity contribution in [3.05, 3.63) is 25.3 Å². The first-order valence-electron chi connectivity index (χ1n) is 5.48. The Morgan fingerprint density at radius 3 is 1.68 bits per heavy atom. The van der Waals surface area contributed by atoms with Gasteiger partial charge in [-0.2, -0.15) is 11.0 Å². The second kappa shape index (κ2) is 12.7. The molecule has 0 unspecified atom stereocenters. The summed E-state index contributed by atoms with van der Waals surface area (Å²) >= 11 is 0. The first kappa shape index (κ1) is 17.3. The molecule has 0 aliphatic carbocycles. The van der Waals surface area contributed by atoms with E-state index in [1.807, 2.05) is 0 Å². The standard InChI is InChI=1S/C11H18N2O6/c1-3-10(14)18-12-5-7-16-9-17-8-6-13-19-11(15)4-2/h3-4,12-13H,1-2,5-9H2. The minimum absolute atomic E-state index is 0.0775. The molecule has 108 valence electrons. The van der Waals surface area contributed by atoms with E-state index in [2.05, 4.69) is 33.8 Å². The predicted molar refractivity (Wildman–Crippen MR) is 65.4 cm³/mol. The first-order valence-corrected chi connectivity index (χ1v) is 5.48. The molecule has 0 spiro atoms. The zero-order valence-electron chi connectivity index (χ0n) is 10.6. The van der Waals surface area contributed by atoms with Crippen molar-refractivity contribution in [3.8, 4) is 0 Å². The van der Waals surface area contributed by atoms with Crippen LogP contribution in [0.1, 0.15) is 0 Å². The van der Waals surface area contributed by atoms with E-state index in [1.165, 1.54) is 0 Å². The lowest BCUT2D eigenvalue weighted by Gasteiger charge is -2.07. The summed E-state index contributed by atoms with van der Waals surface area (Å²) in [6.45, 7) is 7.82. The van der Waals surface area contributed by atoms with Crippen LogP contribution >= 0.6 is 0 Å². The topological polar surface area (TPSA) is 95.1 Å². The molecular weight excluding hydrogens is 256 g/mol. The zero-order chi connectivity index (χ0) is 14.3. The molecule has 0 aromatic heterocycles. The van der Waals surface area contributed by atoms with Crippen LogP contribution in [-0.4, -0.2) is 45.0 Å². The molecule has 8 heteroatoms. The van der Waals surface area contributed by atoms with Crippen LogP contribution < -0.4 is 11.0 Å². The molecule has 0 radical (unpaired) electrons. The van der Waals surface area contributed by atoms with Crippen LogP contribution in [0.3, 0.4) is 0 Å². The Balaban J connectivity index is 3.10. The van der Waals surface area contributed by atoms with Gasteiger partial charge in [-0.3, -0.25) is 0 Å². The van der Waals surface area contributed by atoms with Gasteiger partial charge in [0.25, 0.3) is 0 Å².